The number of hydrogen-bond acceptors (Lipinski definition) is 6. The van der Waals surface area contributed by atoms with E-state index in [0.29, 0.717) is 18.9 Å². The minimum Gasteiger partial charge on any atom is -0.355 e. The Labute approximate surface area is 166 Å². The van der Waals surface area contributed by atoms with Crippen LogP contribution < -0.4 is 10.2 Å². The summed E-state index contributed by atoms with van der Waals surface area (Å²) in [6, 6.07) is 13.3. The molecule has 0 atom stereocenters. The van der Waals surface area contributed by atoms with E-state index in [-0.39, 0.29) is 11.8 Å². The molecule has 9 nitrogen and oxygen atoms in total. The number of H-pyrrole nitrogens is 1. The van der Waals surface area contributed by atoms with Crippen LogP contribution in [0.15, 0.2) is 67.4 Å². The number of nitrogens with one attached hydrogen (secondary N) is 2. The number of carbonyl (C=O) groups is 1. The average Bonchev–Trinajstić information content (AvgIpc) is 3.42. The van der Waals surface area contributed by atoms with Crippen LogP contribution in [0, 0.1) is 5.92 Å². The van der Waals surface area contributed by atoms with Crippen molar-refractivity contribution in [3.05, 3.63) is 67.4 Å². The number of benzene rings is 1. The van der Waals surface area contributed by atoms with Gasteiger partial charge < -0.3 is 10.2 Å². The smallest absolute Gasteiger partial charge is 0.231 e. The fourth-order valence-electron chi connectivity index (χ4n) is 3.27. The third kappa shape index (κ3) is 3.45. The zero-order chi connectivity index (χ0) is 19.6. The summed E-state index contributed by atoms with van der Waals surface area (Å²) in [5.41, 5.74) is 2.74. The van der Waals surface area contributed by atoms with Crippen molar-refractivity contribution >= 4 is 17.4 Å². The number of carbonyl (C=O) groups excluding carboxylic acids is 1. The highest BCUT2D eigenvalue weighted by Gasteiger charge is 2.33. The van der Waals surface area contributed by atoms with Crippen LogP contribution in [0.25, 0.3) is 17.1 Å². The Bertz CT molecular complexity index is 1100. The van der Waals surface area contributed by atoms with Crippen LogP contribution in [0.1, 0.15) is 0 Å². The number of anilines is 2. The van der Waals surface area contributed by atoms with Crippen molar-refractivity contribution in [1.29, 1.82) is 0 Å². The lowest BCUT2D eigenvalue weighted by Gasteiger charge is -2.39. The van der Waals surface area contributed by atoms with Gasteiger partial charge in [0.2, 0.25) is 5.91 Å². The Morgan fingerprint density at radius 2 is 1.90 bits per heavy atom. The van der Waals surface area contributed by atoms with E-state index in [4.69, 9.17) is 0 Å². The van der Waals surface area contributed by atoms with Crippen molar-refractivity contribution in [3.63, 3.8) is 0 Å². The molecule has 4 heterocycles. The lowest BCUT2D eigenvalue weighted by Crippen LogP contribution is -2.52. The van der Waals surface area contributed by atoms with Gasteiger partial charge in [-0.2, -0.15) is 10.2 Å². The summed E-state index contributed by atoms with van der Waals surface area (Å²) < 4.78 is 1.68. The van der Waals surface area contributed by atoms with Gasteiger partial charge in [-0.1, -0.05) is 12.1 Å². The van der Waals surface area contributed by atoms with Crippen molar-refractivity contribution in [3.8, 4) is 17.1 Å². The van der Waals surface area contributed by atoms with Gasteiger partial charge in [0.1, 0.15) is 12.1 Å². The normalized spacial score (nSPS) is 13.9. The van der Waals surface area contributed by atoms with Crippen molar-refractivity contribution in [2.45, 2.75) is 0 Å². The molecule has 1 fully saturated rings. The Balaban J connectivity index is 1.19. The lowest BCUT2D eigenvalue weighted by atomic mass is 9.99. The first-order valence-electron chi connectivity index (χ1n) is 9.24. The molecular formula is C20H18N8O. The Morgan fingerprint density at radius 1 is 1.07 bits per heavy atom. The molecule has 0 saturated carbocycles. The predicted molar refractivity (Wildman–Crippen MR) is 108 cm³/mol. The first-order valence-corrected chi connectivity index (χ1v) is 9.24. The number of hydrogen-bond donors (Lipinski definition) is 2. The van der Waals surface area contributed by atoms with Gasteiger partial charge in [0.15, 0.2) is 5.82 Å². The molecule has 1 aliphatic heterocycles. The van der Waals surface area contributed by atoms with E-state index in [1.54, 1.807) is 17.1 Å². The molecule has 4 aromatic rings. The van der Waals surface area contributed by atoms with Crippen LogP contribution >= 0.6 is 0 Å². The van der Waals surface area contributed by atoms with Gasteiger partial charge in [0.05, 0.1) is 11.6 Å². The Morgan fingerprint density at radius 3 is 2.62 bits per heavy atom. The molecule has 0 radical (unpaired) electrons. The van der Waals surface area contributed by atoms with Crippen molar-refractivity contribution in [1.82, 2.24) is 29.9 Å². The number of aromatic nitrogens is 6. The summed E-state index contributed by atoms with van der Waals surface area (Å²) in [6.45, 7) is 1.24. The molecule has 5 rings (SSSR count). The highest BCUT2D eigenvalue weighted by molar-refractivity contribution is 5.94. The van der Waals surface area contributed by atoms with Gasteiger partial charge in [0, 0.05) is 43.4 Å². The zero-order valence-electron chi connectivity index (χ0n) is 15.4. The molecular weight excluding hydrogens is 368 g/mol. The molecule has 0 spiro atoms. The number of amides is 1. The topological polar surface area (TPSA) is 105 Å². The van der Waals surface area contributed by atoms with E-state index in [0.717, 1.165) is 22.8 Å². The average molecular weight is 386 g/mol. The first-order chi connectivity index (χ1) is 14.3. The predicted octanol–water partition coefficient (Wildman–Crippen LogP) is 2.13. The number of aromatic amines is 1. The van der Waals surface area contributed by atoms with Crippen molar-refractivity contribution in [2.75, 3.05) is 23.3 Å². The maximum atomic E-state index is 12.5. The van der Waals surface area contributed by atoms with Gasteiger partial charge in [-0.05, 0) is 29.8 Å². The largest absolute Gasteiger partial charge is 0.355 e. The zero-order valence-corrected chi connectivity index (χ0v) is 15.4. The van der Waals surface area contributed by atoms with Gasteiger partial charge in [-0.3, -0.25) is 9.89 Å². The molecule has 1 aliphatic rings. The van der Waals surface area contributed by atoms with Crippen LogP contribution in [-0.4, -0.2) is 48.9 Å². The summed E-state index contributed by atoms with van der Waals surface area (Å²) in [4.78, 5) is 23.1. The van der Waals surface area contributed by atoms with Crippen LogP contribution in [0.5, 0.6) is 0 Å². The fourth-order valence-corrected chi connectivity index (χ4v) is 3.27. The fraction of sp³-hybridized carbons (Fsp3) is 0.150. The Hall–Kier alpha value is -4.01. The molecule has 1 saturated heterocycles. The second kappa shape index (κ2) is 7.19. The molecule has 0 aliphatic carbocycles. The van der Waals surface area contributed by atoms with Crippen LogP contribution in [0.4, 0.5) is 11.5 Å². The quantitative estimate of drug-likeness (QED) is 0.544. The van der Waals surface area contributed by atoms with Gasteiger partial charge in [-0.25, -0.2) is 14.6 Å². The number of nitrogens with zero attached hydrogens (tertiary/aromatic N) is 6. The van der Waals surface area contributed by atoms with Crippen molar-refractivity contribution < 1.29 is 4.79 Å². The monoisotopic (exact) mass is 386 g/mol. The molecule has 0 unspecified atom stereocenters. The molecule has 2 N–H and O–H groups in total. The maximum Gasteiger partial charge on any atom is 0.231 e. The van der Waals surface area contributed by atoms with E-state index in [1.807, 2.05) is 48.7 Å². The summed E-state index contributed by atoms with van der Waals surface area (Å²) in [7, 11) is 0. The van der Waals surface area contributed by atoms with Crippen LogP contribution in [0.3, 0.4) is 0 Å². The summed E-state index contributed by atoms with van der Waals surface area (Å²) in [5, 5.41) is 14.0. The standard InChI is InChI=1S/C20H18N8O/c29-20(25-16-4-2-14(3-5-16)17-6-8-23-26-17)15-11-27(12-15)18-10-19(22-13-21-18)28-9-1-7-24-28/h1-10,13,15H,11-12H2,(H,23,26)(H,25,29). The summed E-state index contributed by atoms with van der Waals surface area (Å²) in [5.74, 6) is 1.42. The van der Waals surface area contributed by atoms with Crippen LogP contribution in [-0.2, 0) is 4.79 Å². The van der Waals surface area contributed by atoms with Gasteiger partial charge in [-0.15, -0.1) is 0 Å². The lowest BCUT2D eigenvalue weighted by molar-refractivity contribution is -0.120. The third-order valence-electron chi connectivity index (χ3n) is 4.92. The van der Waals surface area contributed by atoms with Gasteiger partial charge in [0.25, 0.3) is 0 Å². The van der Waals surface area contributed by atoms with E-state index in [1.165, 1.54) is 6.33 Å². The van der Waals surface area contributed by atoms with E-state index in [9.17, 15) is 4.79 Å². The molecule has 1 aromatic carbocycles. The summed E-state index contributed by atoms with van der Waals surface area (Å²) in [6.07, 6.45) is 6.76. The third-order valence-corrected chi connectivity index (χ3v) is 4.92. The van der Waals surface area contributed by atoms with Gasteiger partial charge >= 0.3 is 0 Å². The molecule has 144 valence electrons. The minimum absolute atomic E-state index is 0.0110. The van der Waals surface area contributed by atoms with Crippen molar-refractivity contribution in [2.24, 2.45) is 5.92 Å². The molecule has 1 amide bonds. The maximum absolute atomic E-state index is 12.5. The molecule has 29 heavy (non-hydrogen) atoms. The van der Waals surface area contributed by atoms with E-state index < -0.39 is 0 Å². The summed E-state index contributed by atoms with van der Waals surface area (Å²) >= 11 is 0. The second-order valence-corrected chi connectivity index (χ2v) is 6.82. The first kappa shape index (κ1) is 17.1. The SMILES string of the molecule is O=C(Nc1ccc(-c2ccn[nH]2)cc1)C1CN(c2cc(-n3cccn3)ncn2)C1. The van der Waals surface area contributed by atoms with Crippen LogP contribution in [0.2, 0.25) is 0 Å². The van der Waals surface area contributed by atoms with E-state index >= 15 is 0 Å². The highest BCUT2D eigenvalue weighted by Crippen LogP contribution is 2.25. The Kier molecular flexibility index (Phi) is 4.24. The minimum atomic E-state index is -0.0783. The highest BCUT2D eigenvalue weighted by atomic mass is 16.2. The molecule has 9 heteroatoms. The number of rotatable bonds is 5. The van der Waals surface area contributed by atoms with E-state index in [2.05, 4.69) is 35.5 Å². The molecule has 0 bridgehead atoms. The molecule has 3 aromatic heterocycles. The second-order valence-electron chi connectivity index (χ2n) is 6.82.